The van der Waals surface area contributed by atoms with Crippen molar-refractivity contribution in [3.8, 4) is 22.3 Å². The summed E-state index contributed by atoms with van der Waals surface area (Å²) >= 11 is 0. The molecule has 0 saturated carbocycles. The average Bonchev–Trinajstić information content (AvgIpc) is 3.55. The fourth-order valence-electron chi connectivity index (χ4n) is 7.57. The maximum atomic E-state index is 6.26. The van der Waals surface area contributed by atoms with Crippen molar-refractivity contribution in [1.82, 2.24) is 0 Å². The van der Waals surface area contributed by atoms with E-state index in [9.17, 15) is 0 Å². The molecule has 0 bridgehead atoms. The number of benzene rings is 9. The third kappa shape index (κ3) is 4.73. The summed E-state index contributed by atoms with van der Waals surface area (Å²) in [5, 5.41) is 9.57. The van der Waals surface area contributed by atoms with Crippen molar-refractivity contribution >= 4 is 71.3 Å². The molecule has 0 amide bonds. The molecule has 0 spiro atoms. The van der Waals surface area contributed by atoms with Crippen LogP contribution in [0.25, 0.3) is 76.5 Å². The molecule has 234 valence electrons. The zero-order valence-electron chi connectivity index (χ0n) is 27.3. The first kappa shape index (κ1) is 28.4. The molecule has 0 aliphatic rings. The average molecular weight is 638 g/mol. The minimum Gasteiger partial charge on any atom is -0.456 e. The lowest BCUT2D eigenvalue weighted by Gasteiger charge is -2.27. The molecule has 0 aliphatic heterocycles. The second kappa shape index (κ2) is 11.5. The first-order valence-electron chi connectivity index (χ1n) is 17.1. The quantitative estimate of drug-likeness (QED) is 0.175. The second-order valence-electron chi connectivity index (χ2n) is 13.0. The van der Waals surface area contributed by atoms with Crippen LogP contribution in [0.15, 0.2) is 192 Å². The number of rotatable bonds is 5. The molecule has 50 heavy (non-hydrogen) atoms. The van der Waals surface area contributed by atoms with Crippen LogP contribution >= 0.6 is 0 Å². The van der Waals surface area contributed by atoms with Crippen molar-refractivity contribution in [2.75, 3.05) is 4.90 Å². The van der Waals surface area contributed by atoms with Crippen LogP contribution in [-0.4, -0.2) is 0 Å². The van der Waals surface area contributed by atoms with Gasteiger partial charge in [0, 0.05) is 27.8 Å². The van der Waals surface area contributed by atoms with E-state index < -0.39 is 0 Å². The molecule has 0 aliphatic carbocycles. The summed E-state index contributed by atoms with van der Waals surface area (Å²) in [6, 6.07) is 67.7. The van der Waals surface area contributed by atoms with Gasteiger partial charge in [0.15, 0.2) is 0 Å². The van der Waals surface area contributed by atoms with Crippen LogP contribution in [-0.2, 0) is 0 Å². The third-order valence-electron chi connectivity index (χ3n) is 10.0. The largest absolute Gasteiger partial charge is 0.456 e. The Morgan fingerprint density at radius 1 is 0.300 bits per heavy atom. The molecular formula is C48H31NO. The number of hydrogen-bond donors (Lipinski definition) is 0. The Morgan fingerprint density at radius 3 is 1.82 bits per heavy atom. The van der Waals surface area contributed by atoms with Gasteiger partial charge >= 0.3 is 0 Å². The molecule has 10 aromatic rings. The molecule has 0 atom stereocenters. The molecule has 2 nitrogen and oxygen atoms in total. The van der Waals surface area contributed by atoms with Crippen LogP contribution in [0.5, 0.6) is 0 Å². The van der Waals surface area contributed by atoms with E-state index in [1.54, 1.807) is 0 Å². The van der Waals surface area contributed by atoms with Crippen LogP contribution in [0.4, 0.5) is 17.1 Å². The van der Waals surface area contributed by atoms with Gasteiger partial charge in [-0.15, -0.1) is 0 Å². The Labute approximate surface area is 290 Å². The summed E-state index contributed by atoms with van der Waals surface area (Å²) in [4.78, 5) is 2.38. The number of anilines is 3. The molecule has 0 N–H and O–H groups in total. The molecule has 9 aromatic carbocycles. The summed E-state index contributed by atoms with van der Waals surface area (Å²) in [7, 11) is 0. The fourth-order valence-corrected chi connectivity index (χ4v) is 7.57. The molecule has 2 heteroatoms. The van der Waals surface area contributed by atoms with Gasteiger partial charge in [-0.05, 0) is 109 Å². The lowest BCUT2D eigenvalue weighted by Crippen LogP contribution is -2.10. The molecule has 1 heterocycles. The summed E-state index contributed by atoms with van der Waals surface area (Å²) < 4.78 is 6.26. The second-order valence-corrected chi connectivity index (χ2v) is 13.0. The Hall–Kier alpha value is -6.64. The van der Waals surface area contributed by atoms with Crippen LogP contribution in [0.2, 0.25) is 0 Å². The Bertz CT molecular complexity index is 2860. The van der Waals surface area contributed by atoms with Crippen molar-refractivity contribution in [2.24, 2.45) is 0 Å². The smallest absolute Gasteiger partial charge is 0.136 e. The van der Waals surface area contributed by atoms with Gasteiger partial charge in [0.2, 0.25) is 0 Å². The van der Waals surface area contributed by atoms with E-state index in [4.69, 9.17) is 4.42 Å². The standard InChI is InChI=1S/C48H31NO/c1-2-10-32(11-3-1)33-22-25-38(26-23-33)49(39-15-8-14-36(28-39)42-18-9-13-34-12-4-5-16-41(34)42)40-27-24-35-20-21-37-29-48-46(31-45(37)44(35)30-40)43-17-6-7-19-47(43)50-48/h1-31H. The van der Waals surface area contributed by atoms with E-state index >= 15 is 0 Å². The van der Waals surface area contributed by atoms with Crippen molar-refractivity contribution in [3.63, 3.8) is 0 Å². The Morgan fingerprint density at radius 2 is 0.920 bits per heavy atom. The van der Waals surface area contributed by atoms with Crippen molar-refractivity contribution in [1.29, 1.82) is 0 Å². The highest BCUT2D eigenvalue weighted by Gasteiger charge is 2.17. The van der Waals surface area contributed by atoms with Crippen molar-refractivity contribution in [2.45, 2.75) is 0 Å². The van der Waals surface area contributed by atoms with Crippen molar-refractivity contribution in [3.05, 3.63) is 188 Å². The molecule has 1 aromatic heterocycles. The lowest BCUT2D eigenvalue weighted by atomic mass is 9.97. The maximum absolute atomic E-state index is 6.26. The van der Waals surface area contributed by atoms with Gasteiger partial charge in [-0.2, -0.15) is 0 Å². The first-order chi connectivity index (χ1) is 24.8. The molecule has 0 unspecified atom stereocenters. The number of fused-ring (bicyclic) bond motifs is 7. The number of hydrogen-bond acceptors (Lipinski definition) is 2. The number of nitrogens with zero attached hydrogens (tertiary/aromatic N) is 1. The van der Waals surface area contributed by atoms with Gasteiger partial charge in [0.05, 0.1) is 0 Å². The minimum absolute atomic E-state index is 0.916. The van der Waals surface area contributed by atoms with Crippen LogP contribution in [0.1, 0.15) is 0 Å². The predicted octanol–water partition coefficient (Wildman–Crippen LogP) is 13.8. The monoisotopic (exact) mass is 637 g/mol. The minimum atomic E-state index is 0.916. The summed E-state index contributed by atoms with van der Waals surface area (Å²) in [6.07, 6.45) is 0. The van der Waals surface area contributed by atoms with Crippen molar-refractivity contribution < 1.29 is 4.42 Å². The molecule has 0 radical (unpaired) electrons. The van der Waals surface area contributed by atoms with E-state index in [0.717, 1.165) is 44.4 Å². The highest BCUT2D eigenvalue weighted by Crippen LogP contribution is 2.41. The molecule has 10 rings (SSSR count). The number of furan rings is 1. The summed E-state index contributed by atoms with van der Waals surface area (Å²) in [5.74, 6) is 0. The van der Waals surface area contributed by atoms with Gasteiger partial charge in [0.1, 0.15) is 11.2 Å². The Kier molecular flexibility index (Phi) is 6.53. The zero-order valence-corrected chi connectivity index (χ0v) is 27.3. The van der Waals surface area contributed by atoms with E-state index in [2.05, 4.69) is 181 Å². The van der Waals surface area contributed by atoms with E-state index in [0.29, 0.717) is 0 Å². The Balaban J connectivity index is 1.18. The highest BCUT2D eigenvalue weighted by atomic mass is 16.3. The number of para-hydroxylation sites is 1. The highest BCUT2D eigenvalue weighted by molar-refractivity contribution is 6.17. The van der Waals surface area contributed by atoms with E-state index in [-0.39, 0.29) is 0 Å². The fraction of sp³-hybridized carbons (Fsp3) is 0. The molecule has 0 saturated heterocycles. The third-order valence-corrected chi connectivity index (χ3v) is 10.0. The topological polar surface area (TPSA) is 16.4 Å². The zero-order chi connectivity index (χ0) is 33.0. The molecular weight excluding hydrogens is 607 g/mol. The first-order valence-corrected chi connectivity index (χ1v) is 17.1. The van der Waals surface area contributed by atoms with Gasteiger partial charge in [-0.25, -0.2) is 0 Å². The maximum Gasteiger partial charge on any atom is 0.136 e. The van der Waals surface area contributed by atoms with Crippen LogP contribution in [0, 0.1) is 0 Å². The van der Waals surface area contributed by atoms with Gasteiger partial charge < -0.3 is 9.32 Å². The predicted molar refractivity (Wildman–Crippen MR) is 212 cm³/mol. The summed E-state index contributed by atoms with van der Waals surface area (Å²) in [5.41, 5.74) is 9.95. The summed E-state index contributed by atoms with van der Waals surface area (Å²) in [6.45, 7) is 0. The lowest BCUT2D eigenvalue weighted by molar-refractivity contribution is 0.669. The van der Waals surface area contributed by atoms with Gasteiger partial charge in [-0.1, -0.05) is 133 Å². The molecule has 0 fully saturated rings. The SMILES string of the molecule is c1ccc(-c2ccc(N(c3cccc(-c4cccc5ccccc45)c3)c3ccc4ccc5cc6oc7ccccc7c6cc5c4c3)cc2)cc1. The van der Waals surface area contributed by atoms with Crippen LogP contribution in [0.3, 0.4) is 0 Å². The van der Waals surface area contributed by atoms with Crippen LogP contribution < -0.4 is 4.90 Å². The van der Waals surface area contributed by atoms with Gasteiger partial charge in [-0.3, -0.25) is 0 Å². The van der Waals surface area contributed by atoms with E-state index in [1.807, 2.05) is 12.1 Å². The van der Waals surface area contributed by atoms with Gasteiger partial charge in [0.25, 0.3) is 0 Å². The normalized spacial score (nSPS) is 11.6. The van der Waals surface area contributed by atoms with E-state index in [1.165, 1.54) is 49.2 Å².